The third-order valence-corrected chi connectivity index (χ3v) is 4.71. The van der Waals surface area contributed by atoms with Gasteiger partial charge in [-0.05, 0) is 32.4 Å². The molecule has 3 aromatic rings. The first kappa shape index (κ1) is 19.5. The van der Waals surface area contributed by atoms with E-state index in [9.17, 15) is 9.59 Å². The average molecular weight is 380 g/mol. The maximum absolute atomic E-state index is 12.9. The number of nitrogens with one attached hydrogen (secondary N) is 1. The fraction of sp³-hybridized carbons (Fsp3) is 0.333. The molecule has 3 rings (SSSR count). The number of benzene rings is 1. The second-order valence-corrected chi connectivity index (χ2v) is 7.24. The highest BCUT2D eigenvalue weighted by atomic mass is 16.4. The van der Waals surface area contributed by atoms with E-state index in [-0.39, 0.29) is 18.5 Å². The molecule has 2 aromatic heterocycles. The molecule has 0 saturated carbocycles. The van der Waals surface area contributed by atoms with Gasteiger partial charge in [0, 0.05) is 18.2 Å². The molecule has 2 heterocycles. The van der Waals surface area contributed by atoms with Gasteiger partial charge in [0.25, 0.3) is 5.91 Å². The lowest BCUT2D eigenvalue weighted by Gasteiger charge is -2.13. The first-order chi connectivity index (χ1) is 13.3. The number of aryl methyl sites for hydroxylation is 1. The highest BCUT2D eigenvalue weighted by Gasteiger charge is 2.20. The van der Waals surface area contributed by atoms with Crippen LogP contribution in [0.3, 0.4) is 0 Å². The van der Waals surface area contributed by atoms with Gasteiger partial charge in [0.15, 0.2) is 5.65 Å². The SMILES string of the molecule is Cc1ccccc1-c1cc(C(=O)NCC(C)C(=O)O)c2cnn(C(C)C)c2n1. The largest absolute Gasteiger partial charge is 0.481 e. The predicted octanol–water partition coefficient (Wildman–Crippen LogP) is 3.44. The van der Waals surface area contributed by atoms with Crippen molar-refractivity contribution in [2.24, 2.45) is 5.92 Å². The van der Waals surface area contributed by atoms with Crippen molar-refractivity contribution in [1.82, 2.24) is 20.1 Å². The van der Waals surface area contributed by atoms with Crippen molar-refractivity contribution in [1.29, 1.82) is 0 Å². The summed E-state index contributed by atoms with van der Waals surface area (Å²) in [4.78, 5) is 28.7. The third kappa shape index (κ3) is 3.74. The summed E-state index contributed by atoms with van der Waals surface area (Å²) in [5, 5.41) is 16.8. The van der Waals surface area contributed by atoms with E-state index in [0.29, 0.717) is 22.3 Å². The number of carbonyl (C=O) groups excluding carboxylic acids is 1. The molecule has 0 fully saturated rings. The Morgan fingerprint density at radius 1 is 1.21 bits per heavy atom. The Hall–Kier alpha value is -3.22. The van der Waals surface area contributed by atoms with Crippen molar-refractivity contribution in [2.45, 2.75) is 33.7 Å². The monoisotopic (exact) mass is 380 g/mol. The summed E-state index contributed by atoms with van der Waals surface area (Å²) in [6.07, 6.45) is 1.64. The van der Waals surface area contributed by atoms with E-state index in [1.54, 1.807) is 23.9 Å². The Morgan fingerprint density at radius 3 is 2.57 bits per heavy atom. The van der Waals surface area contributed by atoms with E-state index in [1.165, 1.54) is 0 Å². The molecule has 1 atom stereocenters. The van der Waals surface area contributed by atoms with Crippen molar-refractivity contribution in [3.05, 3.63) is 47.7 Å². The second kappa shape index (κ2) is 7.80. The third-order valence-electron chi connectivity index (χ3n) is 4.71. The number of nitrogens with zero attached hydrogens (tertiary/aromatic N) is 3. The Bertz CT molecular complexity index is 1040. The first-order valence-corrected chi connectivity index (χ1v) is 9.24. The molecule has 0 bridgehead atoms. The lowest BCUT2D eigenvalue weighted by atomic mass is 10.0. The van der Waals surface area contributed by atoms with Crippen LogP contribution in [-0.4, -0.2) is 38.3 Å². The van der Waals surface area contributed by atoms with Gasteiger partial charge in [-0.25, -0.2) is 9.67 Å². The van der Waals surface area contributed by atoms with Gasteiger partial charge in [0.1, 0.15) is 0 Å². The Balaban J connectivity index is 2.11. The van der Waals surface area contributed by atoms with Gasteiger partial charge >= 0.3 is 5.97 Å². The summed E-state index contributed by atoms with van der Waals surface area (Å²) >= 11 is 0. The number of carboxylic acid groups (broad SMARTS) is 1. The van der Waals surface area contributed by atoms with Crippen molar-refractivity contribution in [3.63, 3.8) is 0 Å². The zero-order valence-electron chi connectivity index (χ0n) is 16.4. The van der Waals surface area contributed by atoms with Crippen LogP contribution in [0.5, 0.6) is 0 Å². The maximum Gasteiger partial charge on any atom is 0.308 e. The molecule has 0 aliphatic rings. The average Bonchev–Trinajstić information content (AvgIpc) is 3.09. The topological polar surface area (TPSA) is 97.1 Å². The van der Waals surface area contributed by atoms with Crippen LogP contribution in [0, 0.1) is 12.8 Å². The fourth-order valence-electron chi connectivity index (χ4n) is 3.01. The maximum atomic E-state index is 12.9. The number of carbonyl (C=O) groups is 2. The highest BCUT2D eigenvalue weighted by molar-refractivity contribution is 6.06. The molecule has 0 aliphatic heterocycles. The summed E-state index contributed by atoms with van der Waals surface area (Å²) in [5.41, 5.74) is 3.74. The Labute approximate surface area is 163 Å². The molecule has 7 heteroatoms. The number of rotatable bonds is 6. The lowest BCUT2D eigenvalue weighted by Crippen LogP contribution is -2.31. The minimum atomic E-state index is -0.951. The lowest BCUT2D eigenvalue weighted by molar-refractivity contribution is -0.140. The summed E-state index contributed by atoms with van der Waals surface area (Å²) < 4.78 is 1.79. The normalized spacial score (nSPS) is 12.3. The number of hydrogen-bond donors (Lipinski definition) is 2. The van der Waals surface area contributed by atoms with Gasteiger partial charge in [-0.3, -0.25) is 9.59 Å². The number of hydrogen-bond acceptors (Lipinski definition) is 4. The summed E-state index contributed by atoms with van der Waals surface area (Å²) in [6.45, 7) is 7.61. The number of carboxylic acids is 1. The number of amides is 1. The Morgan fingerprint density at radius 2 is 1.93 bits per heavy atom. The van der Waals surface area contributed by atoms with Crippen LogP contribution < -0.4 is 5.32 Å². The number of aliphatic carboxylic acids is 1. The standard InChI is InChI=1S/C21H24N4O3/c1-12(2)25-19-17(11-23-25)16(20(26)22-10-14(4)21(27)28)9-18(24-19)15-8-6-5-7-13(15)3/h5-9,11-12,14H,10H2,1-4H3,(H,22,26)(H,27,28). The minimum absolute atomic E-state index is 0.0516. The molecule has 7 nitrogen and oxygen atoms in total. The molecule has 146 valence electrons. The Kier molecular flexibility index (Phi) is 5.44. The van der Waals surface area contributed by atoms with E-state index in [2.05, 4.69) is 10.4 Å². The van der Waals surface area contributed by atoms with Gasteiger partial charge in [-0.15, -0.1) is 0 Å². The number of fused-ring (bicyclic) bond motifs is 1. The van der Waals surface area contributed by atoms with E-state index in [0.717, 1.165) is 11.1 Å². The van der Waals surface area contributed by atoms with Gasteiger partial charge < -0.3 is 10.4 Å². The predicted molar refractivity (Wildman–Crippen MR) is 107 cm³/mol. The minimum Gasteiger partial charge on any atom is -0.481 e. The summed E-state index contributed by atoms with van der Waals surface area (Å²) in [7, 11) is 0. The fourth-order valence-corrected chi connectivity index (χ4v) is 3.01. The van der Waals surface area contributed by atoms with E-state index < -0.39 is 11.9 Å². The molecule has 0 aliphatic carbocycles. The van der Waals surface area contributed by atoms with Crippen LogP contribution in [0.1, 0.15) is 42.7 Å². The van der Waals surface area contributed by atoms with Crippen LogP contribution >= 0.6 is 0 Å². The van der Waals surface area contributed by atoms with E-state index in [4.69, 9.17) is 10.1 Å². The zero-order chi connectivity index (χ0) is 20.4. The van der Waals surface area contributed by atoms with Crippen LogP contribution in [0.25, 0.3) is 22.3 Å². The van der Waals surface area contributed by atoms with Crippen LogP contribution in [0.2, 0.25) is 0 Å². The van der Waals surface area contributed by atoms with E-state index in [1.807, 2.05) is 45.0 Å². The molecule has 1 amide bonds. The van der Waals surface area contributed by atoms with Crippen molar-refractivity contribution < 1.29 is 14.7 Å². The molecule has 0 radical (unpaired) electrons. The van der Waals surface area contributed by atoms with Gasteiger partial charge in [0.05, 0.1) is 28.8 Å². The van der Waals surface area contributed by atoms with Crippen molar-refractivity contribution in [3.8, 4) is 11.3 Å². The van der Waals surface area contributed by atoms with Crippen LogP contribution in [0.15, 0.2) is 36.5 Å². The molecule has 2 N–H and O–H groups in total. The molecule has 0 saturated heterocycles. The van der Waals surface area contributed by atoms with E-state index >= 15 is 0 Å². The van der Waals surface area contributed by atoms with Gasteiger partial charge in [0.2, 0.25) is 0 Å². The second-order valence-electron chi connectivity index (χ2n) is 7.24. The van der Waals surface area contributed by atoms with Crippen molar-refractivity contribution in [2.75, 3.05) is 6.54 Å². The van der Waals surface area contributed by atoms with Crippen LogP contribution in [0.4, 0.5) is 0 Å². The molecule has 1 aromatic carbocycles. The zero-order valence-corrected chi connectivity index (χ0v) is 16.4. The van der Waals surface area contributed by atoms with Gasteiger partial charge in [-0.2, -0.15) is 5.10 Å². The summed E-state index contributed by atoms with van der Waals surface area (Å²) in [5.74, 6) is -1.96. The summed E-state index contributed by atoms with van der Waals surface area (Å²) in [6, 6.07) is 9.68. The van der Waals surface area contributed by atoms with Crippen LogP contribution in [-0.2, 0) is 4.79 Å². The number of pyridine rings is 1. The van der Waals surface area contributed by atoms with Gasteiger partial charge in [-0.1, -0.05) is 31.2 Å². The quantitative estimate of drug-likeness (QED) is 0.683. The van der Waals surface area contributed by atoms with Crippen molar-refractivity contribution >= 4 is 22.9 Å². The number of aromatic nitrogens is 3. The molecular formula is C21H24N4O3. The molecular weight excluding hydrogens is 356 g/mol. The molecule has 1 unspecified atom stereocenters. The molecule has 28 heavy (non-hydrogen) atoms. The smallest absolute Gasteiger partial charge is 0.308 e. The highest BCUT2D eigenvalue weighted by Crippen LogP contribution is 2.28. The first-order valence-electron chi connectivity index (χ1n) is 9.24. The molecule has 0 spiro atoms.